The van der Waals surface area contributed by atoms with Crippen LogP contribution >= 0.6 is 0 Å². The Labute approximate surface area is 422 Å². The summed E-state index contributed by atoms with van der Waals surface area (Å²) in [5.74, 6) is -0.519. The van der Waals surface area contributed by atoms with Crippen LogP contribution in [0, 0.1) is 0 Å². The molecule has 8 aromatic carbocycles. The Hall–Kier alpha value is -7.18. The lowest BCUT2D eigenvalue weighted by molar-refractivity contribution is -0.320. The minimum atomic E-state index is -0.965. The number of esters is 1. The Balaban J connectivity index is 0.958. The van der Waals surface area contributed by atoms with Gasteiger partial charge in [-0.2, -0.15) is 0 Å². The molecular weight excluding hydrogens is 903 g/mol. The van der Waals surface area contributed by atoms with Gasteiger partial charge in [0.2, 0.25) is 0 Å². The van der Waals surface area contributed by atoms with E-state index in [2.05, 4.69) is 60.7 Å². The predicted octanol–water partition coefficient (Wildman–Crippen LogP) is 12.7. The molecule has 0 spiro atoms. The van der Waals surface area contributed by atoms with Crippen LogP contribution in [0.2, 0.25) is 0 Å². The van der Waals surface area contributed by atoms with Crippen LogP contribution in [0.4, 0.5) is 4.79 Å². The number of nitrogens with zero attached hydrogens (tertiary/aromatic N) is 1. The number of hydrogen-bond acceptors (Lipinski definition) is 9. The third-order valence-corrected chi connectivity index (χ3v) is 12.8. The van der Waals surface area contributed by atoms with Gasteiger partial charge in [-0.25, -0.2) is 9.59 Å². The highest BCUT2D eigenvalue weighted by molar-refractivity contribution is 5.89. The maximum absolute atomic E-state index is 14.1. The second kappa shape index (κ2) is 25.8. The number of amides is 1. The number of carbonyl (C=O) groups excluding carboxylic acids is 2. The molecule has 8 aromatic rings. The van der Waals surface area contributed by atoms with Crippen molar-refractivity contribution >= 4 is 33.6 Å². The van der Waals surface area contributed by atoms with Crippen molar-refractivity contribution < 1.29 is 42.7 Å². The van der Waals surface area contributed by atoms with Gasteiger partial charge in [-0.3, -0.25) is 0 Å². The van der Waals surface area contributed by atoms with Gasteiger partial charge >= 0.3 is 12.1 Å². The molecule has 10 heteroatoms. The number of carbonyl (C=O) groups is 2. The Bertz CT molecular complexity index is 2920. The van der Waals surface area contributed by atoms with Crippen LogP contribution in [-0.2, 0) is 66.1 Å². The van der Waals surface area contributed by atoms with E-state index in [9.17, 15) is 9.59 Å². The maximum atomic E-state index is 14.1. The highest BCUT2D eigenvalue weighted by Gasteiger charge is 2.50. The van der Waals surface area contributed by atoms with E-state index in [-0.39, 0.29) is 32.5 Å². The molecule has 1 saturated heterocycles. The first-order chi connectivity index (χ1) is 35.5. The van der Waals surface area contributed by atoms with Crippen molar-refractivity contribution in [2.75, 3.05) is 19.8 Å². The second-order valence-corrected chi connectivity index (χ2v) is 18.1. The number of hydrogen-bond donors (Lipinski definition) is 0. The second-order valence-electron chi connectivity index (χ2n) is 18.1. The largest absolute Gasteiger partial charge is 0.453 e. The van der Waals surface area contributed by atoms with Crippen LogP contribution in [0.25, 0.3) is 21.5 Å². The SMILES string of the molecule is O=C(OC1C(COCc2ccccc2)OC(OCCCCCN(Cc2ccccc2)C(=O)OCc2ccccc2)C(OCc2ccc3ccccc3c2)C1OCc1ccc2ccccc2c1)c1ccccc1. The molecule has 72 heavy (non-hydrogen) atoms. The normalized spacial score (nSPS) is 17.6. The lowest BCUT2D eigenvalue weighted by atomic mass is 9.97. The van der Waals surface area contributed by atoms with Crippen LogP contribution in [0.1, 0.15) is 57.4 Å². The fourth-order valence-corrected chi connectivity index (χ4v) is 8.96. The van der Waals surface area contributed by atoms with Gasteiger partial charge < -0.3 is 38.1 Å². The molecule has 0 aromatic heterocycles. The summed E-state index contributed by atoms with van der Waals surface area (Å²) in [6.45, 7) is 2.25. The van der Waals surface area contributed by atoms with E-state index in [1.807, 2.05) is 121 Å². The van der Waals surface area contributed by atoms with Crippen LogP contribution < -0.4 is 0 Å². The topological polar surface area (TPSA) is 102 Å². The highest BCUT2D eigenvalue weighted by Crippen LogP contribution is 2.33. The summed E-state index contributed by atoms with van der Waals surface area (Å²) >= 11 is 0. The number of benzene rings is 8. The fourth-order valence-electron chi connectivity index (χ4n) is 8.96. The molecule has 0 aliphatic carbocycles. The van der Waals surface area contributed by atoms with Crippen molar-refractivity contribution in [3.63, 3.8) is 0 Å². The molecule has 368 valence electrons. The van der Waals surface area contributed by atoms with E-state index in [1.54, 1.807) is 29.2 Å². The minimum absolute atomic E-state index is 0.0757. The Kier molecular flexibility index (Phi) is 17.8. The monoisotopic (exact) mass is 963 g/mol. The zero-order chi connectivity index (χ0) is 49.2. The third kappa shape index (κ3) is 14.0. The predicted molar refractivity (Wildman–Crippen MR) is 279 cm³/mol. The van der Waals surface area contributed by atoms with Crippen molar-refractivity contribution in [2.45, 2.75) is 82.9 Å². The molecule has 0 radical (unpaired) electrons. The molecule has 1 aliphatic rings. The van der Waals surface area contributed by atoms with Gasteiger partial charge in [-0.1, -0.05) is 182 Å². The van der Waals surface area contributed by atoms with Gasteiger partial charge in [0, 0.05) is 19.7 Å². The molecule has 5 unspecified atom stereocenters. The third-order valence-electron chi connectivity index (χ3n) is 12.8. The van der Waals surface area contributed by atoms with Crippen molar-refractivity contribution in [3.05, 3.63) is 240 Å². The quantitative estimate of drug-likeness (QED) is 0.0458. The fraction of sp³-hybridized carbons (Fsp3) is 0.258. The first-order valence-corrected chi connectivity index (χ1v) is 24.9. The standard InChI is InChI=1S/C62H61NO9/c64-60(53-28-12-4-13-29-53)72-57-56(45-66-41-47-22-8-2-9-23-47)71-61(67-37-19-5-18-36-63(40-46-20-6-1-7-21-46)62(65)70-42-48-24-10-3-11-25-48)59(69-44-50-33-35-52-27-15-17-31-55(52)39-50)58(57)68-43-49-32-34-51-26-14-16-30-54(51)38-49/h1-4,6-17,20-35,38-39,56-59,61H,5,18-19,36-37,40-45H2. The number of rotatable bonds is 23. The lowest BCUT2D eigenvalue weighted by Gasteiger charge is -2.45. The van der Waals surface area contributed by atoms with E-state index < -0.39 is 36.7 Å². The van der Waals surface area contributed by atoms with Crippen molar-refractivity contribution in [1.29, 1.82) is 0 Å². The summed E-state index contributed by atoms with van der Waals surface area (Å²) in [7, 11) is 0. The van der Waals surface area contributed by atoms with E-state index in [0.717, 1.165) is 62.2 Å². The van der Waals surface area contributed by atoms with Gasteiger partial charge in [-0.05, 0) is 92.9 Å². The Morgan fingerprint density at radius 1 is 0.458 bits per heavy atom. The Morgan fingerprint density at radius 3 is 1.60 bits per heavy atom. The van der Waals surface area contributed by atoms with Crippen LogP contribution in [0.3, 0.4) is 0 Å². The maximum Gasteiger partial charge on any atom is 0.410 e. The van der Waals surface area contributed by atoms with E-state index in [1.165, 1.54) is 0 Å². The molecule has 9 rings (SSSR count). The molecule has 1 amide bonds. The molecule has 1 aliphatic heterocycles. The average molecular weight is 964 g/mol. The van der Waals surface area contributed by atoms with Crippen LogP contribution in [-0.4, -0.2) is 67.4 Å². The number of unbranched alkanes of at least 4 members (excludes halogenated alkanes) is 2. The highest BCUT2D eigenvalue weighted by atomic mass is 16.7. The Morgan fingerprint density at radius 2 is 0.986 bits per heavy atom. The summed E-state index contributed by atoms with van der Waals surface area (Å²) in [5.41, 5.74) is 5.24. The van der Waals surface area contributed by atoms with E-state index >= 15 is 0 Å². The van der Waals surface area contributed by atoms with Gasteiger partial charge in [0.05, 0.1) is 32.0 Å². The van der Waals surface area contributed by atoms with E-state index in [0.29, 0.717) is 38.3 Å². The number of ether oxygens (including phenoxy) is 7. The number of fused-ring (bicyclic) bond motifs is 2. The molecule has 1 fully saturated rings. The molecule has 0 N–H and O–H groups in total. The molecule has 5 atom stereocenters. The van der Waals surface area contributed by atoms with E-state index in [4.69, 9.17) is 33.2 Å². The average Bonchev–Trinajstić information content (AvgIpc) is 3.43. The summed E-state index contributed by atoms with van der Waals surface area (Å²) in [5, 5.41) is 4.42. The summed E-state index contributed by atoms with van der Waals surface area (Å²) in [6.07, 6.45) is -2.64. The van der Waals surface area contributed by atoms with Crippen LogP contribution in [0.5, 0.6) is 0 Å². The molecule has 0 bridgehead atoms. The first-order valence-electron chi connectivity index (χ1n) is 24.9. The van der Waals surface area contributed by atoms with Crippen molar-refractivity contribution in [1.82, 2.24) is 4.90 Å². The molecule has 0 saturated carbocycles. The van der Waals surface area contributed by atoms with Gasteiger partial charge in [-0.15, -0.1) is 0 Å². The lowest BCUT2D eigenvalue weighted by Crippen LogP contribution is -2.62. The van der Waals surface area contributed by atoms with Crippen molar-refractivity contribution in [2.24, 2.45) is 0 Å². The zero-order valence-electron chi connectivity index (χ0n) is 40.4. The van der Waals surface area contributed by atoms with Gasteiger partial charge in [0.15, 0.2) is 12.4 Å². The van der Waals surface area contributed by atoms with Crippen molar-refractivity contribution in [3.8, 4) is 0 Å². The zero-order valence-corrected chi connectivity index (χ0v) is 40.4. The molecule has 10 nitrogen and oxygen atoms in total. The molecule has 1 heterocycles. The molecular formula is C62H61NO9. The summed E-state index contributed by atoms with van der Waals surface area (Å²) in [4.78, 5) is 29.4. The van der Waals surface area contributed by atoms with Crippen LogP contribution in [0.15, 0.2) is 206 Å². The van der Waals surface area contributed by atoms with Gasteiger partial charge in [0.25, 0.3) is 0 Å². The summed E-state index contributed by atoms with van der Waals surface area (Å²) < 4.78 is 46.2. The summed E-state index contributed by atoms with van der Waals surface area (Å²) in [6, 6.07) is 67.4. The first kappa shape index (κ1) is 49.8. The smallest absolute Gasteiger partial charge is 0.410 e. The minimum Gasteiger partial charge on any atom is -0.453 e. The van der Waals surface area contributed by atoms with Gasteiger partial charge in [0.1, 0.15) is 24.9 Å².